The molecule has 0 bridgehead atoms. The van der Waals surface area contributed by atoms with Crippen LogP contribution in [0.2, 0.25) is 0 Å². The molecular weight excluding hydrogens is 240 g/mol. The fourth-order valence-electron chi connectivity index (χ4n) is 2.93. The van der Waals surface area contributed by atoms with Crippen molar-refractivity contribution in [2.45, 2.75) is 43.9 Å². The zero-order chi connectivity index (χ0) is 13.1. The second kappa shape index (κ2) is 5.17. The Morgan fingerprint density at radius 2 is 2.05 bits per heavy atom. The van der Waals surface area contributed by atoms with Crippen LogP contribution in [0.5, 0.6) is 0 Å². The summed E-state index contributed by atoms with van der Waals surface area (Å²) in [7, 11) is 0. The molecule has 0 aromatic carbocycles. The first-order chi connectivity index (χ1) is 9.34. The van der Waals surface area contributed by atoms with Gasteiger partial charge >= 0.3 is 0 Å². The van der Waals surface area contributed by atoms with Crippen LogP contribution < -0.4 is 5.73 Å². The van der Waals surface area contributed by atoms with Gasteiger partial charge in [-0.05, 0) is 25.0 Å². The second-order valence-electron chi connectivity index (χ2n) is 5.41. The summed E-state index contributed by atoms with van der Waals surface area (Å²) in [5, 5.41) is 4.08. The van der Waals surface area contributed by atoms with E-state index in [0.717, 1.165) is 18.5 Å². The Bertz CT molecular complexity index is 509. The molecule has 1 fully saturated rings. The van der Waals surface area contributed by atoms with Gasteiger partial charge in [-0.1, -0.05) is 30.8 Å². The quantitative estimate of drug-likeness (QED) is 0.831. The Balaban J connectivity index is 1.91. The lowest BCUT2D eigenvalue weighted by molar-refractivity contribution is 0.257. The van der Waals surface area contributed by atoms with Crippen molar-refractivity contribution >= 4 is 0 Å². The largest absolute Gasteiger partial charge is 0.359 e. The molecule has 2 aromatic rings. The summed E-state index contributed by atoms with van der Waals surface area (Å²) < 4.78 is 5.52. The third-order valence-electron chi connectivity index (χ3n) is 4.17. The van der Waals surface area contributed by atoms with Crippen LogP contribution in [-0.4, -0.2) is 21.7 Å². The number of hydrogen-bond donors (Lipinski definition) is 2. The molecule has 1 aliphatic carbocycles. The van der Waals surface area contributed by atoms with Crippen LogP contribution in [0, 0.1) is 0 Å². The molecule has 102 valence electrons. The summed E-state index contributed by atoms with van der Waals surface area (Å²) in [6.07, 6.45) is 8.90. The molecule has 5 nitrogen and oxygen atoms in total. The van der Waals surface area contributed by atoms with E-state index < -0.39 is 0 Å². The Morgan fingerprint density at radius 3 is 2.68 bits per heavy atom. The van der Waals surface area contributed by atoms with E-state index in [9.17, 15) is 0 Å². The summed E-state index contributed by atoms with van der Waals surface area (Å²) in [6.45, 7) is 0.583. The minimum absolute atomic E-state index is 0.117. The third kappa shape index (κ3) is 2.30. The molecule has 1 saturated carbocycles. The van der Waals surface area contributed by atoms with Crippen molar-refractivity contribution in [3.8, 4) is 11.5 Å². The van der Waals surface area contributed by atoms with Gasteiger partial charge in [0, 0.05) is 12.7 Å². The molecule has 0 radical (unpaired) electrons. The molecule has 0 aliphatic heterocycles. The van der Waals surface area contributed by atoms with E-state index in [-0.39, 0.29) is 5.41 Å². The second-order valence-corrected chi connectivity index (χ2v) is 5.41. The Hall–Kier alpha value is -1.62. The van der Waals surface area contributed by atoms with Gasteiger partial charge in [0.05, 0.1) is 11.1 Å². The summed E-state index contributed by atoms with van der Waals surface area (Å²) >= 11 is 0. The smallest absolute Gasteiger partial charge is 0.234 e. The van der Waals surface area contributed by atoms with Gasteiger partial charge in [-0.3, -0.25) is 0 Å². The highest BCUT2D eigenvalue weighted by molar-refractivity contribution is 5.48. The fraction of sp³-hybridized carbons (Fsp3) is 0.571. The summed E-state index contributed by atoms with van der Waals surface area (Å²) in [5.74, 6) is 1.33. The van der Waals surface area contributed by atoms with Crippen molar-refractivity contribution in [3.05, 3.63) is 24.2 Å². The van der Waals surface area contributed by atoms with E-state index in [0.29, 0.717) is 18.3 Å². The average Bonchev–Trinajstić information content (AvgIpc) is 3.06. The van der Waals surface area contributed by atoms with Gasteiger partial charge in [-0.15, -0.1) is 0 Å². The molecule has 19 heavy (non-hydrogen) atoms. The monoisotopic (exact) mass is 260 g/mol. The lowest BCUT2D eigenvalue weighted by atomic mass is 9.80. The van der Waals surface area contributed by atoms with E-state index in [1.807, 2.05) is 18.3 Å². The summed E-state index contributed by atoms with van der Waals surface area (Å²) in [5.41, 5.74) is 6.80. The highest BCUT2D eigenvalue weighted by Gasteiger charge is 2.37. The average molecular weight is 260 g/mol. The highest BCUT2D eigenvalue weighted by atomic mass is 16.5. The van der Waals surface area contributed by atoms with E-state index in [1.165, 1.54) is 25.7 Å². The van der Waals surface area contributed by atoms with Crippen LogP contribution in [0.1, 0.15) is 44.4 Å². The van der Waals surface area contributed by atoms with Gasteiger partial charge in [0.1, 0.15) is 0 Å². The molecule has 0 amide bonds. The van der Waals surface area contributed by atoms with Crippen molar-refractivity contribution in [1.29, 1.82) is 0 Å². The van der Waals surface area contributed by atoms with Gasteiger partial charge in [0.15, 0.2) is 0 Å². The molecule has 3 rings (SSSR count). The summed E-state index contributed by atoms with van der Waals surface area (Å²) in [4.78, 5) is 7.67. The minimum Gasteiger partial charge on any atom is -0.359 e. The first-order valence-corrected chi connectivity index (χ1v) is 7.02. The van der Waals surface area contributed by atoms with E-state index in [2.05, 4.69) is 15.1 Å². The Kier molecular flexibility index (Phi) is 3.38. The molecule has 2 heterocycles. The van der Waals surface area contributed by atoms with Crippen molar-refractivity contribution < 1.29 is 4.52 Å². The van der Waals surface area contributed by atoms with Crippen molar-refractivity contribution in [2.75, 3.05) is 6.54 Å². The molecule has 0 saturated heterocycles. The van der Waals surface area contributed by atoms with Gasteiger partial charge < -0.3 is 15.2 Å². The van der Waals surface area contributed by atoms with E-state index in [1.54, 1.807) is 0 Å². The lowest BCUT2D eigenvalue weighted by Crippen LogP contribution is -2.35. The predicted octanol–water partition coefficient (Wildman–Crippen LogP) is 2.62. The minimum atomic E-state index is -0.117. The van der Waals surface area contributed by atoms with E-state index in [4.69, 9.17) is 10.3 Å². The van der Waals surface area contributed by atoms with E-state index >= 15 is 0 Å². The van der Waals surface area contributed by atoms with Crippen LogP contribution >= 0.6 is 0 Å². The SMILES string of the molecule is NCC1(c2nc(-c3ccc[nH]3)no2)CCCCCC1. The van der Waals surface area contributed by atoms with Gasteiger partial charge in [0.25, 0.3) is 0 Å². The molecule has 0 atom stereocenters. The van der Waals surface area contributed by atoms with Crippen molar-refractivity contribution in [2.24, 2.45) is 5.73 Å². The number of nitrogens with one attached hydrogen (secondary N) is 1. The first-order valence-electron chi connectivity index (χ1n) is 7.02. The summed E-state index contributed by atoms with van der Waals surface area (Å²) in [6, 6.07) is 3.87. The van der Waals surface area contributed by atoms with Crippen LogP contribution in [-0.2, 0) is 5.41 Å². The van der Waals surface area contributed by atoms with Crippen molar-refractivity contribution in [3.63, 3.8) is 0 Å². The van der Waals surface area contributed by atoms with Gasteiger partial charge in [-0.2, -0.15) is 4.98 Å². The number of aromatic nitrogens is 3. The van der Waals surface area contributed by atoms with Crippen LogP contribution in [0.4, 0.5) is 0 Å². The molecule has 0 spiro atoms. The normalized spacial score (nSPS) is 19.2. The topological polar surface area (TPSA) is 80.7 Å². The number of rotatable bonds is 3. The molecule has 5 heteroatoms. The van der Waals surface area contributed by atoms with Gasteiger partial charge in [-0.25, -0.2) is 0 Å². The fourth-order valence-corrected chi connectivity index (χ4v) is 2.93. The number of nitrogens with two attached hydrogens (primary N) is 1. The molecule has 2 aromatic heterocycles. The standard InChI is InChI=1S/C14H20N4O/c15-10-14(7-3-1-2-4-8-14)13-17-12(18-19-13)11-6-5-9-16-11/h5-6,9,16H,1-4,7-8,10,15H2. The maximum Gasteiger partial charge on any atom is 0.234 e. The molecular formula is C14H20N4O. The third-order valence-corrected chi connectivity index (χ3v) is 4.17. The lowest BCUT2D eigenvalue weighted by Gasteiger charge is -2.26. The maximum atomic E-state index is 6.03. The predicted molar refractivity (Wildman–Crippen MR) is 72.5 cm³/mol. The number of nitrogens with zero attached hydrogens (tertiary/aromatic N) is 2. The Labute approximate surface area is 112 Å². The van der Waals surface area contributed by atoms with Crippen LogP contribution in [0.3, 0.4) is 0 Å². The zero-order valence-electron chi connectivity index (χ0n) is 11.1. The number of hydrogen-bond acceptors (Lipinski definition) is 4. The number of aromatic amines is 1. The highest BCUT2D eigenvalue weighted by Crippen LogP contribution is 2.37. The van der Waals surface area contributed by atoms with Gasteiger partial charge in [0.2, 0.25) is 11.7 Å². The zero-order valence-corrected chi connectivity index (χ0v) is 11.1. The van der Waals surface area contributed by atoms with Crippen LogP contribution in [0.25, 0.3) is 11.5 Å². The first kappa shape index (κ1) is 12.4. The molecule has 3 N–H and O–H groups in total. The Morgan fingerprint density at radius 1 is 1.26 bits per heavy atom. The molecule has 1 aliphatic rings. The van der Waals surface area contributed by atoms with Crippen molar-refractivity contribution in [1.82, 2.24) is 15.1 Å². The maximum absolute atomic E-state index is 6.03. The number of H-pyrrole nitrogens is 1. The molecule has 0 unspecified atom stereocenters. The van der Waals surface area contributed by atoms with Crippen LogP contribution in [0.15, 0.2) is 22.9 Å².